The highest BCUT2D eigenvalue weighted by molar-refractivity contribution is 5.31. The topological polar surface area (TPSA) is 38.7 Å². The van der Waals surface area contributed by atoms with Gasteiger partial charge >= 0.3 is 0 Å². The summed E-state index contributed by atoms with van der Waals surface area (Å²) in [6.07, 6.45) is 5.38. The molecule has 0 aromatic heterocycles. The van der Waals surface area contributed by atoms with E-state index in [2.05, 4.69) is 6.58 Å². The molecular weight excluding hydrogens is 429 g/mol. The summed E-state index contributed by atoms with van der Waals surface area (Å²) in [5.74, 6) is -1.63. The molecule has 0 amide bonds. The van der Waals surface area contributed by atoms with Crippen molar-refractivity contribution in [2.45, 2.75) is 76.6 Å². The first kappa shape index (κ1) is 25.3. The van der Waals surface area contributed by atoms with Crippen LogP contribution in [0.25, 0.3) is 0 Å². The third kappa shape index (κ3) is 6.61. The Balaban J connectivity index is 1.52. The van der Waals surface area contributed by atoms with E-state index in [0.29, 0.717) is 37.2 Å². The highest BCUT2D eigenvalue weighted by atomic mass is 19.2. The lowest BCUT2D eigenvalue weighted by atomic mass is 9.82. The molecule has 3 nitrogen and oxygen atoms in total. The number of ether oxygens (including phenoxy) is 2. The fourth-order valence-electron chi connectivity index (χ4n) is 4.34. The molecule has 0 radical (unpaired) electrons. The van der Waals surface area contributed by atoms with Gasteiger partial charge in [-0.2, -0.15) is 0 Å². The van der Waals surface area contributed by atoms with Crippen molar-refractivity contribution in [3.8, 4) is 5.75 Å². The van der Waals surface area contributed by atoms with Crippen molar-refractivity contribution in [2.24, 2.45) is 0 Å². The zero-order valence-corrected chi connectivity index (χ0v) is 19.2. The molecule has 2 aromatic carbocycles. The van der Waals surface area contributed by atoms with Crippen LogP contribution in [0.2, 0.25) is 0 Å². The molecule has 0 bridgehead atoms. The van der Waals surface area contributed by atoms with Crippen LogP contribution in [0.1, 0.15) is 80.6 Å². The van der Waals surface area contributed by atoms with Crippen molar-refractivity contribution < 1.29 is 27.8 Å². The standard InChI is InChI=1S/C27H33F3O3/c1-3-5-15-32-21-12-14-22(24(28)16-21)18-7-10-20(11-8-18)33-17-19-9-13-23(25(31)6-4-2)27(30)26(19)29/h3,9,12-14,16,18,20,25,31H,1,4-8,10-11,15,17H2,2H3. The molecule has 3 rings (SSSR count). The zero-order chi connectivity index (χ0) is 23.8. The second-order valence-corrected chi connectivity index (χ2v) is 8.64. The Hall–Kier alpha value is -2.31. The van der Waals surface area contributed by atoms with Gasteiger partial charge in [-0.15, -0.1) is 6.58 Å². The molecule has 1 N–H and O–H groups in total. The summed E-state index contributed by atoms with van der Waals surface area (Å²) in [6, 6.07) is 7.92. The molecule has 6 heteroatoms. The SMILES string of the molecule is C=CCCOc1ccc(C2CCC(OCc3ccc(C(O)CCC)c(F)c3F)CC2)c(F)c1. The van der Waals surface area contributed by atoms with Crippen LogP contribution in [-0.4, -0.2) is 17.8 Å². The van der Waals surface area contributed by atoms with Crippen LogP contribution in [0.3, 0.4) is 0 Å². The molecule has 33 heavy (non-hydrogen) atoms. The van der Waals surface area contributed by atoms with Gasteiger partial charge < -0.3 is 14.6 Å². The van der Waals surface area contributed by atoms with Crippen molar-refractivity contribution in [2.75, 3.05) is 6.61 Å². The minimum absolute atomic E-state index is 0.0160. The van der Waals surface area contributed by atoms with Gasteiger partial charge in [0.2, 0.25) is 0 Å². The predicted molar refractivity (Wildman–Crippen MR) is 123 cm³/mol. The third-order valence-corrected chi connectivity index (χ3v) is 6.26. The Kier molecular flexibility index (Phi) is 9.39. The number of hydrogen-bond acceptors (Lipinski definition) is 3. The van der Waals surface area contributed by atoms with Gasteiger partial charge in [-0.1, -0.05) is 37.6 Å². The maximum atomic E-state index is 14.6. The number of halogens is 3. The highest BCUT2D eigenvalue weighted by Gasteiger charge is 2.26. The van der Waals surface area contributed by atoms with Crippen LogP contribution in [-0.2, 0) is 11.3 Å². The van der Waals surface area contributed by atoms with E-state index in [0.717, 1.165) is 25.7 Å². The van der Waals surface area contributed by atoms with Gasteiger partial charge in [-0.25, -0.2) is 13.2 Å². The lowest BCUT2D eigenvalue weighted by Crippen LogP contribution is -2.21. The fourth-order valence-corrected chi connectivity index (χ4v) is 4.34. The van der Waals surface area contributed by atoms with Crippen LogP contribution in [0.4, 0.5) is 13.2 Å². The molecule has 0 aliphatic heterocycles. The van der Waals surface area contributed by atoms with Gasteiger partial charge in [-0.05, 0) is 56.1 Å². The van der Waals surface area contributed by atoms with Gasteiger partial charge in [0, 0.05) is 17.2 Å². The summed E-state index contributed by atoms with van der Waals surface area (Å²) >= 11 is 0. The molecule has 1 saturated carbocycles. The summed E-state index contributed by atoms with van der Waals surface area (Å²) in [7, 11) is 0. The van der Waals surface area contributed by atoms with Crippen molar-refractivity contribution in [1.82, 2.24) is 0 Å². The van der Waals surface area contributed by atoms with E-state index in [1.165, 1.54) is 18.2 Å². The van der Waals surface area contributed by atoms with Crippen molar-refractivity contribution in [3.05, 3.63) is 77.1 Å². The molecule has 1 unspecified atom stereocenters. The van der Waals surface area contributed by atoms with E-state index in [9.17, 15) is 18.3 Å². The Morgan fingerprint density at radius 2 is 1.85 bits per heavy atom. The third-order valence-electron chi connectivity index (χ3n) is 6.26. The molecule has 0 heterocycles. The van der Waals surface area contributed by atoms with Crippen molar-refractivity contribution >= 4 is 0 Å². The van der Waals surface area contributed by atoms with E-state index < -0.39 is 17.7 Å². The summed E-state index contributed by atoms with van der Waals surface area (Å²) in [6.45, 7) is 5.94. The molecule has 1 aliphatic rings. The Bertz CT molecular complexity index is 923. The monoisotopic (exact) mass is 462 g/mol. The summed E-state index contributed by atoms with van der Waals surface area (Å²) in [5.41, 5.74) is 0.803. The van der Waals surface area contributed by atoms with Gasteiger partial charge in [0.05, 0.1) is 25.4 Å². The summed E-state index contributed by atoms with van der Waals surface area (Å²) in [4.78, 5) is 0. The maximum absolute atomic E-state index is 14.6. The molecule has 1 aliphatic carbocycles. The maximum Gasteiger partial charge on any atom is 0.164 e. The average Bonchev–Trinajstić information content (AvgIpc) is 2.81. The minimum Gasteiger partial charge on any atom is -0.493 e. The Morgan fingerprint density at radius 1 is 1.09 bits per heavy atom. The van der Waals surface area contributed by atoms with Crippen LogP contribution < -0.4 is 4.74 Å². The lowest BCUT2D eigenvalue weighted by molar-refractivity contribution is 0.0116. The van der Waals surface area contributed by atoms with Crippen molar-refractivity contribution in [3.63, 3.8) is 0 Å². The van der Waals surface area contributed by atoms with E-state index in [-0.39, 0.29) is 35.6 Å². The number of hydrogen-bond donors (Lipinski definition) is 1. The number of benzene rings is 2. The zero-order valence-electron chi connectivity index (χ0n) is 19.2. The van der Waals surface area contributed by atoms with Crippen LogP contribution in [0.5, 0.6) is 5.75 Å². The first-order chi connectivity index (χ1) is 15.9. The normalized spacial score (nSPS) is 19.3. The smallest absolute Gasteiger partial charge is 0.164 e. The number of rotatable bonds is 11. The Labute approximate surface area is 194 Å². The van der Waals surface area contributed by atoms with E-state index >= 15 is 0 Å². The van der Waals surface area contributed by atoms with Crippen molar-refractivity contribution in [1.29, 1.82) is 0 Å². The summed E-state index contributed by atoms with van der Waals surface area (Å²) in [5, 5.41) is 9.98. The van der Waals surface area contributed by atoms with Crippen LogP contribution in [0, 0.1) is 17.5 Å². The second kappa shape index (κ2) is 12.2. The van der Waals surface area contributed by atoms with Gasteiger partial charge in [-0.3, -0.25) is 0 Å². The van der Waals surface area contributed by atoms with E-state index in [4.69, 9.17) is 9.47 Å². The van der Waals surface area contributed by atoms with E-state index in [1.54, 1.807) is 18.2 Å². The molecule has 180 valence electrons. The lowest BCUT2D eigenvalue weighted by Gasteiger charge is -2.29. The van der Waals surface area contributed by atoms with Gasteiger partial charge in [0.1, 0.15) is 11.6 Å². The summed E-state index contributed by atoms with van der Waals surface area (Å²) < 4.78 is 54.8. The molecular formula is C27H33F3O3. The minimum atomic E-state index is -1.01. The van der Waals surface area contributed by atoms with Gasteiger partial charge in [0.25, 0.3) is 0 Å². The molecule has 0 saturated heterocycles. The largest absolute Gasteiger partial charge is 0.493 e. The van der Waals surface area contributed by atoms with Crippen LogP contribution >= 0.6 is 0 Å². The van der Waals surface area contributed by atoms with Gasteiger partial charge in [0.15, 0.2) is 11.6 Å². The molecule has 2 aromatic rings. The first-order valence-corrected chi connectivity index (χ1v) is 11.7. The highest BCUT2D eigenvalue weighted by Crippen LogP contribution is 2.36. The van der Waals surface area contributed by atoms with E-state index in [1.807, 2.05) is 6.92 Å². The molecule has 1 fully saturated rings. The quantitative estimate of drug-likeness (QED) is 0.285. The fraction of sp³-hybridized carbons (Fsp3) is 0.481. The van der Waals surface area contributed by atoms with Crippen LogP contribution in [0.15, 0.2) is 43.0 Å². The second-order valence-electron chi connectivity index (χ2n) is 8.64. The molecule has 1 atom stereocenters. The first-order valence-electron chi connectivity index (χ1n) is 11.7. The average molecular weight is 463 g/mol. The Morgan fingerprint density at radius 3 is 2.52 bits per heavy atom. The number of aliphatic hydroxyl groups excluding tert-OH is 1. The number of aliphatic hydroxyl groups is 1. The molecule has 0 spiro atoms. The predicted octanol–water partition coefficient (Wildman–Crippen LogP) is 7.14.